The zero-order valence-corrected chi connectivity index (χ0v) is 9.95. The van der Waals surface area contributed by atoms with Crippen LogP contribution in [0.3, 0.4) is 0 Å². The molecule has 5 heteroatoms. The van der Waals surface area contributed by atoms with E-state index >= 15 is 0 Å². The van der Waals surface area contributed by atoms with Gasteiger partial charge in [0.2, 0.25) is 5.13 Å². The molecular formula is C11H13N3OS. The Morgan fingerprint density at radius 2 is 2.25 bits per heavy atom. The van der Waals surface area contributed by atoms with Crippen LogP contribution >= 0.6 is 11.3 Å². The third kappa shape index (κ3) is 2.30. The highest BCUT2D eigenvalue weighted by molar-refractivity contribution is 7.13. The summed E-state index contributed by atoms with van der Waals surface area (Å²) in [5, 5.41) is 21.4. The lowest BCUT2D eigenvalue weighted by molar-refractivity contribution is 0.465. The largest absolute Gasteiger partial charge is 0.508 e. The second-order valence-electron chi connectivity index (χ2n) is 3.67. The summed E-state index contributed by atoms with van der Waals surface area (Å²) >= 11 is 1.44. The lowest BCUT2D eigenvalue weighted by atomic mass is 10.0. The Morgan fingerprint density at radius 1 is 1.44 bits per heavy atom. The van der Waals surface area contributed by atoms with E-state index in [9.17, 15) is 5.11 Å². The Balaban J connectivity index is 2.20. The molecule has 2 rings (SSSR count). The van der Waals surface area contributed by atoms with Gasteiger partial charge in [0.1, 0.15) is 11.3 Å². The topological polar surface area (TPSA) is 58.0 Å². The molecule has 0 saturated carbocycles. The first kappa shape index (κ1) is 10.9. The molecule has 1 atom stereocenters. The van der Waals surface area contributed by atoms with Crippen LogP contribution in [0.25, 0.3) is 0 Å². The second-order valence-corrected chi connectivity index (χ2v) is 4.51. The fourth-order valence-corrected chi connectivity index (χ4v) is 2.05. The highest BCUT2D eigenvalue weighted by Crippen LogP contribution is 2.27. The lowest BCUT2D eigenvalue weighted by Gasteiger charge is -2.15. The van der Waals surface area contributed by atoms with Crippen LogP contribution in [0.5, 0.6) is 5.75 Å². The maximum Gasteiger partial charge on any atom is 0.205 e. The molecule has 0 aliphatic rings. The van der Waals surface area contributed by atoms with Crippen molar-refractivity contribution in [1.82, 2.24) is 10.2 Å². The summed E-state index contributed by atoms with van der Waals surface area (Å²) in [4.78, 5) is 0. The summed E-state index contributed by atoms with van der Waals surface area (Å²) in [7, 11) is 0. The van der Waals surface area contributed by atoms with Crippen molar-refractivity contribution in [2.24, 2.45) is 0 Å². The van der Waals surface area contributed by atoms with Crippen molar-refractivity contribution in [2.75, 3.05) is 5.32 Å². The molecule has 0 radical (unpaired) electrons. The molecule has 0 bridgehead atoms. The number of aromatic hydroxyl groups is 1. The fraction of sp³-hybridized carbons (Fsp3) is 0.273. The van der Waals surface area contributed by atoms with Gasteiger partial charge in [0.25, 0.3) is 0 Å². The summed E-state index contributed by atoms with van der Waals surface area (Å²) in [6.07, 6.45) is 0. The van der Waals surface area contributed by atoms with Crippen molar-refractivity contribution < 1.29 is 5.11 Å². The third-order valence-corrected chi connectivity index (χ3v) is 2.97. The molecule has 2 aromatic rings. The minimum absolute atomic E-state index is 0.00727. The predicted molar refractivity (Wildman–Crippen MR) is 64.8 cm³/mol. The zero-order valence-electron chi connectivity index (χ0n) is 9.14. The molecule has 0 fully saturated rings. The van der Waals surface area contributed by atoms with Gasteiger partial charge in [0, 0.05) is 5.56 Å². The average molecular weight is 235 g/mol. The number of hydrogen-bond acceptors (Lipinski definition) is 5. The van der Waals surface area contributed by atoms with E-state index < -0.39 is 0 Å². The number of phenols is 1. The van der Waals surface area contributed by atoms with Gasteiger partial charge in [0.05, 0.1) is 6.04 Å². The molecular weight excluding hydrogens is 222 g/mol. The third-order valence-electron chi connectivity index (χ3n) is 2.35. The van der Waals surface area contributed by atoms with Crippen LogP contribution in [-0.2, 0) is 0 Å². The van der Waals surface area contributed by atoms with E-state index in [0.29, 0.717) is 5.75 Å². The number of benzene rings is 1. The lowest BCUT2D eigenvalue weighted by Crippen LogP contribution is -2.06. The smallest absolute Gasteiger partial charge is 0.205 e. The molecule has 4 nitrogen and oxygen atoms in total. The van der Waals surface area contributed by atoms with Gasteiger partial charge in [-0.25, -0.2) is 0 Å². The van der Waals surface area contributed by atoms with Gasteiger partial charge >= 0.3 is 0 Å². The maximum absolute atomic E-state index is 9.76. The molecule has 0 saturated heterocycles. The molecule has 1 unspecified atom stereocenters. The van der Waals surface area contributed by atoms with Crippen molar-refractivity contribution >= 4 is 16.5 Å². The van der Waals surface area contributed by atoms with Crippen molar-refractivity contribution in [3.05, 3.63) is 34.8 Å². The van der Waals surface area contributed by atoms with Gasteiger partial charge in [-0.15, -0.1) is 10.2 Å². The summed E-state index contributed by atoms with van der Waals surface area (Å²) in [5.41, 5.74) is 3.67. The minimum Gasteiger partial charge on any atom is -0.508 e. The Kier molecular flexibility index (Phi) is 3.05. The van der Waals surface area contributed by atoms with Crippen molar-refractivity contribution in [1.29, 1.82) is 0 Å². The van der Waals surface area contributed by atoms with Gasteiger partial charge in [-0.1, -0.05) is 29.0 Å². The highest BCUT2D eigenvalue weighted by atomic mass is 32.1. The predicted octanol–water partition coefficient (Wildman–Crippen LogP) is 2.73. The van der Waals surface area contributed by atoms with E-state index in [2.05, 4.69) is 15.5 Å². The Hall–Kier alpha value is -1.62. The molecule has 0 amide bonds. The first-order chi connectivity index (χ1) is 7.66. The molecule has 0 aliphatic carbocycles. The van der Waals surface area contributed by atoms with Crippen molar-refractivity contribution in [3.8, 4) is 5.75 Å². The first-order valence-electron chi connectivity index (χ1n) is 4.99. The van der Waals surface area contributed by atoms with E-state index in [1.807, 2.05) is 26.0 Å². The number of hydrogen-bond donors (Lipinski definition) is 2. The number of nitrogens with zero attached hydrogens (tertiary/aromatic N) is 2. The Morgan fingerprint density at radius 3 is 2.94 bits per heavy atom. The molecule has 0 spiro atoms. The van der Waals surface area contributed by atoms with Crippen LogP contribution in [0.1, 0.15) is 24.1 Å². The summed E-state index contributed by atoms with van der Waals surface area (Å²) < 4.78 is 0. The molecule has 84 valence electrons. The minimum atomic E-state index is 0.00727. The second kappa shape index (κ2) is 4.49. The molecule has 1 aromatic heterocycles. The first-order valence-corrected chi connectivity index (χ1v) is 5.87. The van der Waals surface area contributed by atoms with Gasteiger partial charge in [-0.2, -0.15) is 0 Å². The normalized spacial score (nSPS) is 12.4. The number of aromatic nitrogens is 2. The molecule has 1 heterocycles. The van der Waals surface area contributed by atoms with Gasteiger partial charge in [-0.05, 0) is 19.9 Å². The van der Waals surface area contributed by atoms with E-state index in [0.717, 1.165) is 16.3 Å². The van der Waals surface area contributed by atoms with Crippen LogP contribution in [0.4, 0.5) is 5.13 Å². The van der Waals surface area contributed by atoms with Crippen LogP contribution in [0.2, 0.25) is 0 Å². The Labute approximate surface area is 98.0 Å². The summed E-state index contributed by atoms with van der Waals surface area (Å²) in [6, 6.07) is 5.57. The van der Waals surface area contributed by atoms with Crippen LogP contribution in [0, 0.1) is 6.92 Å². The monoisotopic (exact) mass is 235 g/mol. The number of phenolic OH excluding ortho intramolecular Hbond substituents is 1. The van der Waals surface area contributed by atoms with Crippen LogP contribution < -0.4 is 5.32 Å². The standard InChI is InChI=1S/C11H13N3OS/c1-7-3-4-10(15)9(5-7)8(2)13-11-14-12-6-16-11/h3-6,8,15H,1-2H3,(H,13,14). The number of nitrogens with one attached hydrogen (secondary N) is 1. The Bertz CT molecular complexity index is 470. The quantitative estimate of drug-likeness (QED) is 0.858. The maximum atomic E-state index is 9.76. The SMILES string of the molecule is Cc1ccc(O)c(C(C)Nc2nncs2)c1. The summed E-state index contributed by atoms with van der Waals surface area (Å²) in [5.74, 6) is 0.301. The van der Waals surface area contributed by atoms with Crippen LogP contribution in [0.15, 0.2) is 23.7 Å². The molecule has 1 aromatic carbocycles. The van der Waals surface area contributed by atoms with E-state index in [-0.39, 0.29) is 6.04 Å². The molecule has 2 N–H and O–H groups in total. The van der Waals surface area contributed by atoms with Crippen LogP contribution in [-0.4, -0.2) is 15.3 Å². The van der Waals surface area contributed by atoms with Crippen molar-refractivity contribution in [2.45, 2.75) is 19.9 Å². The van der Waals surface area contributed by atoms with E-state index in [1.54, 1.807) is 11.6 Å². The van der Waals surface area contributed by atoms with Gasteiger partial charge in [-0.3, -0.25) is 0 Å². The highest BCUT2D eigenvalue weighted by Gasteiger charge is 2.11. The number of rotatable bonds is 3. The van der Waals surface area contributed by atoms with E-state index in [4.69, 9.17) is 0 Å². The number of aryl methyl sites for hydroxylation is 1. The van der Waals surface area contributed by atoms with Gasteiger partial charge in [0.15, 0.2) is 0 Å². The van der Waals surface area contributed by atoms with Gasteiger partial charge < -0.3 is 10.4 Å². The van der Waals surface area contributed by atoms with Crippen molar-refractivity contribution in [3.63, 3.8) is 0 Å². The summed E-state index contributed by atoms with van der Waals surface area (Å²) in [6.45, 7) is 3.98. The molecule has 0 aliphatic heterocycles. The number of anilines is 1. The average Bonchev–Trinajstić information content (AvgIpc) is 2.74. The van der Waals surface area contributed by atoms with E-state index in [1.165, 1.54) is 11.3 Å². The zero-order chi connectivity index (χ0) is 11.5. The fourth-order valence-electron chi connectivity index (χ4n) is 1.52. The molecule has 16 heavy (non-hydrogen) atoms.